The number of nitrogens with one attached hydrogen (secondary N) is 1. The summed E-state index contributed by atoms with van der Waals surface area (Å²) in [6, 6.07) is 3.97. The standard InChI is InChI=1S/C11H18N2OS/c1-4-13(11(14)9(2)12-3)8-10-6-5-7-15-10/h5-7,9,12H,4,8H2,1-3H3. The Morgan fingerprint density at radius 3 is 2.87 bits per heavy atom. The van der Waals surface area contributed by atoms with E-state index in [4.69, 9.17) is 0 Å². The molecule has 0 radical (unpaired) electrons. The summed E-state index contributed by atoms with van der Waals surface area (Å²) in [6.45, 7) is 5.37. The van der Waals surface area contributed by atoms with E-state index in [1.54, 1.807) is 11.3 Å². The molecular weight excluding hydrogens is 208 g/mol. The molecule has 0 bridgehead atoms. The minimum Gasteiger partial charge on any atom is -0.336 e. The van der Waals surface area contributed by atoms with Gasteiger partial charge >= 0.3 is 0 Å². The highest BCUT2D eigenvalue weighted by Gasteiger charge is 2.17. The van der Waals surface area contributed by atoms with Gasteiger partial charge in [-0.2, -0.15) is 0 Å². The quantitative estimate of drug-likeness (QED) is 0.829. The van der Waals surface area contributed by atoms with Crippen molar-refractivity contribution in [2.75, 3.05) is 13.6 Å². The van der Waals surface area contributed by atoms with Gasteiger partial charge in [0.25, 0.3) is 0 Å². The second kappa shape index (κ2) is 5.88. The van der Waals surface area contributed by atoms with Gasteiger partial charge in [-0.25, -0.2) is 0 Å². The molecule has 84 valence electrons. The van der Waals surface area contributed by atoms with Gasteiger partial charge in [0.15, 0.2) is 0 Å². The first kappa shape index (κ1) is 12.2. The van der Waals surface area contributed by atoms with Crippen LogP contribution < -0.4 is 5.32 Å². The topological polar surface area (TPSA) is 32.3 Å². The normalized spacial score (nSPS) is 12.5. The van der Waals surface area contributed by atoms with Gasteiger partial charge < -0.3 is 10.2 Å². The lowest BCUT2D eigenvalue weighted by atomic mass is 10.3. The number of nitrogens with zero attached hydrogens (tertiary/aromatic N) is 1. The average Bonchev–Trinajstić information content (AvgIpc) is 2.76. The molecule has 15 heavy (non-hydrogen) atoms. The molecule has 1 N–H and O–H groups in total. The first-order valence-electron chi connectivity index (χ1n) is 5.17. The van der Waals surface area contributed by atoms with Gasteiger partial charge in [0, 0.05) is 11.4 Å². The number of thiophene rings is 1. The highest BCUT2D eigenvalue weighted by atomic mass is 32.1. The summed E-state index contributed by atoms with van der Waals surface area (Å²) in [4.78, 5) is 15.0. The van der Waals surface area contributed by atoms with E-state index >= 15 is 0 Å². The van der Waals surface area contributed by atoms with Gasteiger partial charge in [0.2, 0.25) is 5.91 Å². The fourth-order valence-electron chi connectivity index (χ4n) is 1.33. The number of rotatable bonds is 5. The third kappa shape index (κ3) is 3.32. The van der Waals surface area contributed by atoms with E-state index in [1.807, 2.05) is 37.2 Å². The van der Waals surface area contributed by atoms with Crippen LogP contribution in [0.25, 0.3) is 0 Å². The van der Waals surface area contributed by atoms with Crippen molar-refractivity contribution in [3.63, 3.8) is 0 Å². The molecule has 1 rings (SSSR count). The molecule has 0 fully saturated rings. The smallest absolute Gasteiger partial charge is 0.239 e. The van der Waals surface area contributed by atoms with Crippen molar-refractivity contribution >= 4 is 17.2 Å². The van der Waals surface area contributed by atoms with E-state index in [2.05, 4.69) is 11.4 Å². The maximum absolute atomic E-state index is 11.9. The SMILES string of the molecule is CCN(Cc1cccs1)C(=O)C(C)NC. The predicted octanol–water partition coefficient (Wildman–Crippen LogP) is 1.70. The Kier molecular flexibility index (Phi) is 4.78. The predicted molar refractivity (Wildman–Crippen MR) is 63.9 cm³/mol. The zero-order chi connectivity index (χ0) is 11.3. The number of carbonyl (C=O) groups excluding carboxylic acids is 1. The summed E-state index contributed by atoms with van der Waals surface area (Å²) in [5.74, 6) is 0.161. The molecule has 1 heterocycles. The minimum absolute atomic E-state index is 0.107. The molecule has 0 aliphatic heterocycles. The second-order valence-electron chi connectivity index (χ2n) is 3.44. The van der Waals surface area contributed by atoms with E-state index in [0.717, 1.165) is 13.1 Å². The molecule has 1 aromatic heterocycles. The van der Waals surface area contributed by atoms with Gasteiger partial charge in [-0.15, -0.1) is 11.3 Å². The molecule has 0 aliphatic carbocycles. The monoisotopic (exact) mass is 226 g/mol. The van der Waals surface area contributed by atoms with E-state index < -0.39 is 0 Å². The molecule has 4 heteroatoms. The van der Waals surface area contributed by atoms with Gasteiger partial charge in [-0.3, -0.25) is 4.79 Å². The van der Waals surface area contributed by atoms with Crippen LogP contribution in [0.3, 0.4) is 0 Å². The molecule has 1 amide bonds. The second-order valence-corrected chi connectivity index (χ2v) is 4.47. The summed E-state index contributed by atoms with van der Waals surface area (Å²) < 4.78 is 0. The summed E-state index contributed by atoms with van der Waals surface area (Å²) in [7, 11) is 1.81. The summed E-state index contributed by atoms with van der Waals surface area (Å²) in [5, 5.41) is 5.01. The maximum Gasteiger partial charge on any atom is 0.239 e. The van der Waals surface area contributed by atoms with Gasteiger partial charge in [0.1, 0.15) is 0 Å². The number of carbonyl (C=O) groups is 1. The molecule has 0 spiro atoms. The molecule has 3 nitrogen and oxygen atoms in total. The third-order valence-corrected chi connectivity index (χ3v) is 3.28. The lowest BCUT2D eigenvalue weighted by molar-refractivity contribution is -0.133. The zero-order valence-corrected chi connectivity index (χ0v) is 10.3. The molecule has 0 aromatic carbocycles. The van der Waals surface area contributed by atoms with Crippen molar-refractivity contribution in [3.05, 3.63) is 22.4 Å². The summed E-state index contributed by atoms with van der Waals surface area (Å²) in [5.41, 5.74) is 0. The van der Waals surface area contributed by atoms with E-state index in [9.17, 15) is 4.79 Å². The van der Waals surface area contributed by atoms with Crippen LogP contribution in [0.1, 0.15) is 18.7 Å². The van der Waals surface area contributed by atoms with Gasteiger partial charge in [0.05, 0.1) is 12.6 Å². The Balaban J connectivity index is 2.60. The fraction of sp³-hybridized carbons (Fsp3) is 0.545. The molecule has 0 aliphatic rings. The Morgan fingerprint density at radius 2 is 2.40 bits per heavy atom. The Labute approximate surface area is 95.1 Å². The van der Waals surface area contributed by atoms with Crippen LogP contribution in [0, 0.1) is 0 Å². The molecule has 1 aromatic rings. The first-order valence-corrected chi connectivity index (χ1v) is 6.05. The molecule has 0 saturated heterocycles. The largest absolute Gasteiger partial charge is 0.336 e. The average molecular weight is 226 g/mol. The number of likely N-dealkylation sites (N-methyl/N-ethyl adjacent to an activating group) is 2. The van der Waals surface area contributed by atoms with Crippen LogP contribution >= 0.6 is 11.3 Å². The van der Waals surface area contributed by atoms with Crippen LogP contribution in [0.15, 0.2) is 17.5 Å². The van der Waals surface area contributed by atoms with Crippen LogP contribution in [0.2, 0.25) is 0 Å². The summed E-state index contributed by atoms with van der Waals surface area (Å²) >= 11 is 1.69. The fourth-order valence-corrected chi connectivity index (χ4v) is 2.05. The van der Waals surface area contributed by atoms with Crippen LogP contribution in [-0.2, 0) is 11.3 Å². The van der Waals surface area contributed by atoms with Crippen LogP contribution in [0.5, 0.6) is 0 Å². The van der Waals surface area contributed by atoms with Crippen molar-refractivity contribution in [2.24, 2.45) is 0 Å². The van der Waals surface area contributed by atoms with Crippen LogP contribution in [-0.4, -0.2) is 30.4 Å². The first-order chi connectivity index (χ1) is 7.19. The molecular formula is C11H18N2OS. The lowest BCUT2D eigenvalue weighted by Crippen LogP contribution is -2.43. The van der Waals surface area contributed by atoms with Crippen LogP contribution in [0.4, 0.5) is 0 Å². The Hall–Kier alpha value is -0.870. The number of amides is 1. The highest BCUT2D eigenvalue weighted by molar-refractivity contribution is 7.09. The molecule has 1 unspecified atom stereocenters. The molecule has 1 atom stereocenters. The van der Waals surface area contributed by atoms with E-state index in [1.165, 1.54) is 4.88 Å². The summed E-state index contributed by atoms with van der Waals surface area (Å²) in [6.07, 6.45) is 0. The van der Waals surface area contributed by atoms with Crippen molar-refractivity contribution in [3.8, 4) is 0 Å². The Morgan fingerprint density at radius 1 is 1.67 bits per heavy atom. The van der Waals surface area contributed by atoms with Crippen molar-refractivity contribution in [1.29, 1.82) is 0 Å². The number of hydrogen-bond acceptors (Lipinski definition) is 3. The van der Waals surface area contributed by atoms with E-state index in [0.29, 0.717) is 0 Å². The van der Waals surface area contributed by atoms with Gasteiger partial charge in [-0.05, 0) is 32.3 Å². The Bertz CT molecular complexity index is 298. The number of hydrogen-bond donors (Lipinski definition) is 1. The van der Waals surface area contributed by atoms with Gasteiger partial charge in [-0.1, -0.05) is 6.07 Å². The third-order valence-electron chi connectivity index (χ3n) is 2.42. The minimum atomic E-state index is -0.107. The maximum atomic E-state index is 11.9. The van der Waals surface area contributed by atoms with Crippen molar-refractivity contribution in [1.82, 2.24) is 10.2 Å². The molecule has 0 saturated carbocycles. The zero-order valence-electron chi connectivity index (χ0n) is 9.49. The van der Waals surface area contributed by atoms with Crippen molar-refractivity contribution < 1.29 is 4.79 Å². The highest BCUT2D eigenvalue weighted by Crippen LogP contribution is 2.12. The van der Waals surface area contributed by atoms with Crippen molar-refractivity contribution in [2.45, 2.75) is 26.4 Å². The lowest BCUT2D eigenvalue weighted by Gasteiger charge is -2.23. The van der Waals surface area contributed by atoms with E-state index in [-0.39, 0.29) is 11.9 Å².